The van der Waals surface area contributed by atoms with Crippen LogP contribution in [0.4, 0.5) is 13.2 Å². The summed E-state index contributed by atoms with van der Waals surface area (Å²) in [6, 6.07) is 16.7. The second-order valence-electron chi connectivity index (χ2n) is 9.19. The van der Waals surface area contributed by atoms with Crippen molar-refractivity contribution in [2.24, 2.45) is 0 Å². The average Bonchev–Trinajstić information content (AvgIpc) is 2.99. The van der Waals surface area contributed by atoms with E-state index in [1.54, 1.807) is 44.2 Å². The summed E-state index contributed by atoms with van der Waals surface area (Å²) in [4.78, 5) is 45.9. The topological polar surface area (TPSA) is 117 Å². The molecule has 0 aliphatic heterocycles. The lowest BCUT2D eigenvalue weighted by Crippen LogP contribution is -2.42. The number of aromatic nitrogens is 2. The first kappa shape index (κ1) is 30.9. The minimum Gasteiger partial charge on any atom is -0.466 e. The van der Waals surface area contributed by atoms with Gasteiger partial charge in [-0.1, -0.05) is 30.3 Å². The SMILES string of the molecule is CCOC(=O)CC[C@H](NC(=O)c1ccc(Oc2nc3ccc(C(F)(F)F)cc3nc2-c2ccccc2)cc1)C(=O)OCC. The number of halogens is 3. The van der Waals surface area contributed by atoms with Gasteiger partial charge < -0.3 is 19.5 Å². The zero-order chi connectivity index (χ0) is 31.0. The van der Waals surface area contributed by atoms with Gasteiger partial charge in [-0.05, 0) is 62.7 Å². The normalized spacial score (nSPS) is 11.9. The van der Waals surface area contributed by atoms with Gasteiger partial charge >= 0.3 is 18.1 Å². The smallest absolute Gasteiger partial charge is 0.416 e. The van der Waals surface area contributed by atoms with Gasteiger partial charge in [-0.15, -0.1) is 0 Å². The summed E-state index contributed by atoms with van der Waals surface area (Å²) in [6.07, 6.45) is -4.63. The first-order valence-corrected chi connectivity index (χ1v) is 13.4. The lowest BCUT2D eigenvalue weighted by molar-refractivity contribution is -0.147. The fourth-order valence-corrected chi connectivity index (χ4v) is 4.08. The Morgan fingerprint density at radius 3 is 2.21 bits per heavy atom. The fraction of sp³-hybridized carbons (Fsp3) is 0.258. The third-order valence-corrected chi connectivity index (χ3v) is 6.16. The Bertz CT molecular complexity index is 1590. The molecular formula is C31H28F3N3O6. The maximum absolute atomic E-state index is 13.3. The van der Waals surface area contributed by atoms with Gasteiger partial charge in [0, 0.05) is 17.5 Å². The van der Waals surface area contributed by atoms with E-state index in [1.807, 2.05) is 0 Å². The van der Waals surface area contributed by atoms with Crippen molar-refractivity contribution >= 4 is 28.9 Å². The van der Waals surface area contributed by atoms with Crippen LogP contribution < -0.4 is 10.1 Å². The number of ether oxygens (including phenoxy) is 3. The highest BCUT2D eigenvalue weighted by atomic mass is 19.4. The summed E-state index contributed by atoms with van der Waals surface area (Å²) in [6.45, 7) is 3.59. The summed E-state index contributed by atoms with van der Waals surface area (Å²) in [5, 5.41) is 2.59. The molecule has 0 unspecified atom stereocenters. The molecule has 0 spiro atoms. The minimum absolute atomic E-state index is 0.00202. The Labute approximate surface area is 245 Å². The molecule has 0 fully saturated rings. The zero-order valence-corrected chi connectivity index (χ0v) is 23.3. The second kappa shape index (κ2) is 13.8. The quantitative estimate of drug-likeness (QED) is 0.207. The third kappa shape index (κ3) is 8.06. The van der Waals surface area contributed by atoms with Gasteiger partial charge in [0.2, 0.25) is 5.88 Å². The molecule has 4 rings (SSSR count). The van der Waals surface area contributed by atoms with Gasteiger partial charge in [0.15, 0.2) is 0 Å². The number of hydrogen-bond donors (Lipinski definition) is 1. The number of alkyl halides is 3. The van der Waals surface area contributed by atoms with Crippen molar-refractivity contribution < 1.29 is 41.8 Å². The molecule has 0 aliphatic carbocycles. The van der Waals surface area contributed by atoms with Crippen molar-refractivity contribution in [3.8, 4) is 22.9 Å². The molecule has 0 saturated carbocycles. The van der Waals surface area contributed by atoms with Crippen LogP contribution in [0.15, 0.2) is 72.8 Å². The number of nitrogens with one attached hydrogen (secondary N) is 1. The van der Waals surface area contributed by atoms with Gasteiger partial charge in [0.1, 0.15) is 17.5 Å². The van der Waals surface area contributed by atoms with Crippen LogP contribution in [0.5, 0.6) is 11.6 Å². The van der Waals surface area contributed by atoms with Crippen molar-refractivity contribution in [3.05, 3.63) is 83.9 Å². The van der Waals surface area contributed by atoms with E-state index in [1.165, 1.54) is 30.3 Å². The number of benzene rings is 3. The molecule has 43 heavy (non-hydrogen) atoms. The summed E-state index contributed by atoms with van der Waals surface area (Å²) >= 11 is 0. The van der Waals surface area contributed by atoms with Crippen molar-refractivity contribution in [3.63, 3.8) is 0 Å². The number of amides is 1. The molecule has 0 radical (unpaired) electrons. The Morgan fingerprint density at radius 1 is 0.860 bits per heavy atom. The monoisotopic (exact) mass is 595 g/mol. The molecule has 9 nitrogen and oxygen atoms in total. The first-order chi connectivity index (χ1) is 20.6. The lowest BCUT2D eigenvalue weighted by atomic mass is 10.1. The van der Waals surface area contributed by atoms with Crippen LogP contribution in [-0.2, 0) is 25.2 Å². The number of nitrogens with zero attached hydrogens (tertiary/aromatic N) is 2. The van der Waals surface area contributed by atoms with E-state index in [9.17, 15) is 27.6 Å². The van der Waals surface area contributed by atoms with Crippen LogP contribution in [0.2, 0.25) is 0 Å². The van der Waals surface area contributed by atoms with Crippen LogP contribution in [0, 0.1) is 0 Å². The molecule has 4 aromatic rings. The molecule has 0 saturated heterocycles. The van der Waals surface area contributed by atoms with Crippen LogP contribution in [0.1, 0.15) is 42.6 Å². The van der Waals surface area contributed by atoms with Crippen molar-refractivity contribution in [2.45, 2.75) is 38.9 Å². The molecule has 1 N–H and O–H groups in total. The van der Waals surface area contributed by atoms with Crippen molar-refractivity contribution in [2.75, 3.05) is 13.2 Å². The third-order valence-electron chi connectivity index (χ3n) is 6.16. The van der Waals surface area contributed by atoms with Gasteiger partial charge in [0.05, 0.1) is 29.8 Å². The molecule has 1 heterocycles. The Morgan fingerprint density at radius 2 is 1.56 bits per heavy atom. The van der Waals surface area contributed by atoms with Gasteiger partial charge in [-0.25, -0.2) is 14.8 Å². The predicted molar refractivity (Wildman–Crippen MR) is 150 cm³/mol. The highest BCUT2D eigenvalue weighted by Gasteiger charge is 2.31. The van der Waals surface area contributed by atoms with E-state index in [4.69, 9.17) is 14.2 Å². The maximum Gasteiger partial charge on any atom is 0.416 e. The van der Waals surface area contributed by atoms with Crippen LogP contribution in [0.3, 0.4) is 0 Å². The van der Waals surface area contributed by atoms with E-state index in [0.29, 0.717) is 5.56 Å². The number of carbonyl (C=O) groups is 3. The molecule has 0 aliphatic rings. The minimum atomic E-state index is -4.54. The Hall–Kier alpha value is -5.00. The molecular weight excluding hydrogens is 567 g/mol. The fourth-order valence-electron chi connectivity index (χ4n) is 4.08. The Kier molecular flexibility index (Phi) is 9.91. The Balaban J connectivity index is 1.56. The summed E-state index contributed by atoms with van der Waals surface area (Å²) in [7, 11) is 0. The van der Waals surface area contributed by atoms with Crippen LogP contribution in [-0.4, -0.2) is 47.1 Å². The number of hydrogen-bond acceptors (Lipinski definition) is 8. The summed E-state index contributed by atoms with van der Waals surface area (Å²) in [5.41, 5.74) is 0.409. The van der Waals surface area contributed by atoms with Gasteiger partial charge in [-0.3, -0.25) is 9.59 Å². The molecule has 224 valence electrons. The molecule has 3 aromatic carbocycles. The highest BCUT2D eigenvalue weighted by molar-refractivity contribution is 5.97. The molecule has 1 atom stereocenters. The standard InChI is InChI=1S/C31H28F3N3O6/c1-3-41-26(38)17-16-24(30(40)42-4-2)36-28(39)20-10-13-22(14-11-20)43-29-27(19-8-6-5-7-9-19)35-25-18-21(31(32,33)34)12-15-23(25)37-29/h5-15,18,24H,3-4,16-17H2,1-2H3,(H,36,39)/t24-/m0/s1. The van der Waals surface area contributed by atoms with Crippen LogP contribution >= 0.6 is 0 Å². The van der Waals surface area contributed by atoms with E-state index < -0.39 is 35.6 Å². The molecule has 1 aromatic heterocycles. The average molecular weight is 596 g/mol. The van der Waals surface area contributed by atoms with Crippen molar-refractivity contribution in [1.29, 1.82) is 0 Å². The zero-order valence-electron chi connectivity index (χ0n) is 23.3. The second-order valence-corrected chi connectivity index (χ2v) is 9.19. The molecule has 0 bridgehead atoms. The number of carbonyl (C=O) groups excluding carboxylic acids is 3. The number of fused-ring (bicyclic) bond motifs is 1. The van der Waals surface area contributed by atoms with Gasteiger partial charge in [0.25, 0.3) is 5.91 Å². The largest absolute Gasteiger partial charge is 0.466 e. The highest BCUT2D eigenvalue weighted by Crippen LogP contribution is 2.35. The van der Waals surface area contributed by atoms with Crippen LogP contribution in [0.25, 0.3) is 22.3 Å². The molecule has 12 heteroatoms. The predicted octanol–water partition coefficient (Wildman–Crippen LogP) is 6.11. The van der Waals surface area contributed by atoms with E-state index in [2.05, 4.69) is 15.3 Å². The maximum atomic E-state index is 13.3. The summed E-state index contributed by atoms with van der Waals surface area (Å²) in [5.74, 6) is -1.43. The lowest BCUT2D eigenvalue weighted by Gasteiger charge is -2.17. The van der Waals surface area contributed by atoms with Gasteiger partial charge in [-0.2, -0.15) is 13.2 Å². The number of rotatable bonds is 11. The molecule has 1 amide bonds. The first-order valence-electron chi connectivity index (χ1n) is 13.4. The number of esters is 2. The van der Waals surface area contributed by atoms with E-state index >= 15 is 0 Å². The summed E-state index contributed by atoms with van der Waals surface area (Å²) < 4.78 is 55.8. The van der Waals surface area contributed by atoms with E-state index in [0.717, 1.165) is 12.1 Å². The van der Waals surface area contributed by atoms with Crippen molar-refractivity contribution in [1.82, 2.24) is 15.3 Å². The van der Waals surface area contributed by atoms with E-state index in [-0.39, 0.29) is 60.0 Å².